The van der Waals surface area contributed by atoms with E-state index in [1.165, 1.54) is 0 Å². The third kappa shape index (κ3) is 6.47. The molecule has 0 saturated carbocycles. The summed E-state index contributed by atoms with van der Waals surface area (Å²) in [6.07, 6.45) is 3.70. The molecule has 0 aliphatic rings. The van der Waals surface area contributed by atoms with Crippen molar-refractivity contribution in [2.45, 2.75) is 19.8 Å². The normalized spacial score (nSPS) is 10.5. The van der Waals surface area contributed by atoms with Crippen molar-refractivity contribution in [3.05, 3.63) is 54.1 Å². The van der Waals surface area contributed by atoms with Gasteiger partial charge in [-0.3, -0.25) is 4.79 Å². The van der Waals surface area contributed by atoms with Gasteiger partial charge in [-0.05, 0) is 48.4 Å². The van der Waals surface area contributed by atoms with Crippen LogP contribution in [0.5, 0.6) is 17.2 Å². The van der Waals surface area contributed by atoms with E-state index >= 15 is 0 Å². The molecule has 2 aromatic carbocycles. The lowest BCUT2D eigenvalue weighted by Gasteiger charge is -2.09. The molecule has 6 nitrogen and oxygen atoms in total. The lowest BCUT2D eigenvalue weighted by molar-refractivity contribution is -0.123. The molecule has 2 rings (SSSR count). The van der Waals surface area contributed by atoms with Gasteiger partial charge in [-0.15, -0.1) is 0 Å². The number of ether oxygens (including phenoxy) is 3. The third-order valence-electron chi connectivity index (χ3n) is 3.48. The number of benzene rings is 2. The Morgan fingerprint density at radius 1 is 1.08 bits per heavy atom. The lowest BCUT2D eigenvalue weighted by Crippen LogP contribution is -2.24. The molecule has 0 atom stereocenters. The minimum atomic E-state index is -0.355. The van der Waals surface area contributed by atoms with Crippen LogP contribution in [0.3, 0.4) is 0 Å². The van der Waals surface area contributed by atoms with Crippen LogP contribution < -0.4 is 19.6 Å². The molecule has 26 heavy (non-hydrogen) atoms. The summed E-state index contributed by atoms with van der Waals surface area (Å²) < 4.78 is 16.2. The van der Waals surface area contributed by atoms with Gasteiger partial charge in [0.2, 0.25) is 0 Å². The zero-order chi connectivity index (χ0) is 18.6. The molecule has 2 aromatic rings. The number of para-hydroxylation sites is 2. The van der Waals surface area contributed by atoms with Crippen molar-refractivity contribution in [2.24, 2.45) is 5.10 Å². The van der Waals surface area contributed by atoms with Gasteiger partial charge >= 0.3 is 0 Å². The van der Waals surface area contributed by atoms with Crippen LogP contribution in [0.2, 0.25) is 0 Å². The Morgan fingerprint density at radius 2 is 1.81 bits per heavy atom. The highest BCUT2D eigenvalue weighted by Gasteiger charge is 2.05. The predicted octanol–water partition coefficient (Wildman–Crippen LogP) is 3.40. The zero-order valence-electron chi connectivity index (χ0n) is 15.1. The highest BCUT2D eigenvalue weighted by atomic mass is 16.5. The lowest BCUT2D eigenvalue weighted by atomic mass is 10.2. The Bertz CT molecular complexity index is 714. The fourth-order valence-electron chi connectivity index (χ4n) is 2.08. The minimum Gasteiger partial charge on any atom is -0.494 e. The number of carbonyl (C=O) groups is 1. The Kier molecular flexibility index (Phi) is 7.99. The monoisotopic (exact) mass is 356 g/mol. The second kappa shape index (κ2) is 10.8. The average molecular weight is 356 g/mol. The maximum atomic E-state index is 11.8. The molecule has 0 aliphatic heterocycles. The van der Waals surface area contributed by atoms with Gasteiger partial charge in [-0.1, -0.05) is 25.5 Å². The molecule has 0 bridgehead atoms. The summed E-state index contributed by atoms with van der Waals surface area (Å²) in [7, 11) is 1.55. The van der Waals surface area contributed by atoms with Crippen molar-refractivity contribution in [1.29, 1.82) is 0 Å². The maximum absolute atomic E-state index is 11.8. The fraction of sp³-hybridized carbons (Fsp3) is 0.300. The van der Waals surface area contributed by atoms with Crippen LogP contribution in [0.4, 0.5) is 0 Å². The van der Waals surface area contributed by atoms with E-state index in [4.69, 9.17) is 14.2 Å². The summed E-state index contributed by atoms with van der Waals surface area (Å²) in [5, 5.41) is 3.92. The summed E-state index contributed by atoms with van der Waals surface area (Å²) in [4.78, 5) is 11.8. The summed E-state index contributed by atoms with van der Waals surface area (Å²) in [6.45, 7) is 2.69. The molecule has 0 aliphatic carbocycles. The molecular formula is C20H24N2O4. The van der Waals surface area contributed by atoms with Crippen LogP contribution in [0.1, 0.15) is 25.3 Å². The first-order chi connectivity index (χ1) is 12.7. The van der Waals surface area contributed by atoms with E-state index in [-0.39, 0.29) is 12.5 Å². The number of unbranched alkanes of at least 4 members (excludes halogenated alkanes) is 1. The van der Waals surface area contributed by atoms with Crippen molar-refractivity contribution in [2.75, 3.05) is 20.3 Å². The Hall–Kier alpha value is -3.02. The predicted molar refractivity (Wildman–Crippen MR) is 101 cm³/mol. The molecule has 0 unspecified atom stereocenters. The Morgan fingerprint density at radius 3 is 2.50 bits per heavy atom. The highest BCUT2D eigenvalue weighted by Crippen LogP contribution is 2.25. The first-order valence-electron chi connectivity index (χ1n) is 8.53. The molecule has 0 aromatic heterocycles. The van der Waals surface area contributed by atoms with E-state index in [1.807, 2.05) is 36.4 Å². The van der Waals surface area contributed by atoms with Crippen molar-refractivity contribution >= 4 is 12.1 Å². The molecule has 1 amide bonds. The molecule has 0 radical (unpaired) electrons. The van der Waals surface area contributed by atoms with E-state index in [9.17, 15) is 4.79 Å². The number of hydrogen-bond acceptors (Lipinski definition) is 5. The topological polar surface area (TPSA) is 69.2 Å². The summed E-state index contributed by atoms with van der Waals surface area (Å²) in [5.74, 6) is 1.55. The van der Waals surface area contributed by atoms with Crippen LogP contribution >= 0.6 is 0 Å². The van der Waals surface area contributed by atoms with Gasteiger partial charge in [0, 0.05) is 0 Å². The van der Waals surface area contributed by atoms with Crippen LogP contribution in [-0.2, 0) is 4.79 Å². The molecule has 138 valence electrons. The standard InChI is InChI=1S/C20H24N2O4/c1-3-4-13-25-17-11-9-16(10-12-17)14-21-22-20(23)15-26-19-8-6-5-7-18(19)24-2/h5-12,14H,3-4,13,15H2,1-2H3,(H,22,23)/b21-14-. The van der Waals surface area contributed by atoms with Crippen molar-refractivity contribution in [3.63, 3.8) is 0 Å². The van der Waals surface area contributed by atoms with Crippen LogP contribution in [0, 0.1) is 0 Å². The smallest absolute Gasteiger partial charge is 0.277 e. The van der Waals surface area contributed by atoms with Crippen molar-refractivity contribution in [3.8, 4) is 17.2 Å². The largest absolute Gasteiger partial charge is 0.494 e. The van der Waals surface area contributed by atoms with E-state index < -0.39 is 0 Å². The number of nitrogens with zero attached hydrogens (tertiary/aromatic N) is 1. The highest BCUT2D eigenvalue weighted by molar-refractivity contribution is 5.83. The Labute approximate surface area is 153 Å². The number of hydrogen-bond donors (Lipinski definition) is 1. The van der Waals surface area contributed by atoms with E-state index in [2.05, 4.69) is 17.5 Å². The maximum Gasteiger partial charge on any atom is 0.277 e. The number of nitrogens with one attached hydrogen (secondary N) is 1. The van der Waals surface area contributed by atoms with Crippen molar-refractivity contribution < 1.29 is 19.0 Å². The second-order valence-corrected chi connectivity index (χ2v) is 5.50. The quantitative estimate of drug-likeness (QED) is 0.402. The fourth-order valence-corrected chi connectivity index (χ4v) is 2.08. The number of amides is 1. The van der Waals surface area contributed by atoms with Crippen LogP contribution in [-0.4, -0.2) is 32.4 Å². The summed E-state index contributed by atoms with van der Waals surface area (Å²) in [6, 6.07) is 14.7. The first-order valence-corrected chi connectivity index (χ1v) is 8.53. The van der Waals surface area contributed by atoms with Gasteiger partial charge in [0.15, 0.2) is 18.1 Å². The van der Waals surface area contributed by atoms with E-state index in [0.29, 0.717) is 18.1 Å². The van der Waals surface area contributed by atoms with E-state index in [0.717, 1.165) is 24.2 Å². The molecule has 0 saturated heterocycles. The van der Waals surface area contributed by atoms with Gasteiger partial charge in [-0.2, -0.15) is 5.10 Å². The Balaban J connectivity index is 1.76. The van der Waals surface area contributed by atoms with Gasteiger partial charge in [0.05, 0.1) is 19.9 Å². The minimum absolute atomic E-state index is 0.151. The van der Waals surface area contributed by atoms with Gasteiger partial charge in [-0.25, -0.2) is 5.43 Å². The molecule has 0 heterocycles. The van der Waals surface area contributed by atoms with Gasteiger partial charge in [0.25, 0.3) is 5.91 Å². The number of hydrazone groups is 1. The molecule has 0 spiro atoms. The number of rotatable bonds is 10. The molecule has 6 heteroatoms. The second-order valence-electron chi connectivity index (χ2n) is 5.50. The third-order valence-corrected chi connectivity index (χ3v) is 3.48. The number of carbonyl (C=O) groups excluding carboxylic acids is 1. The molecule has 1 N–H and O–H groups in total. The zero-order valence-corrected chi connectivity index (χ0v) is 15.1. The SMILES string of the molecule is CCCCOc1ccc(/C=N\NC(=O)COc2ccccc2OC)cc1. The van der Waals surface area contributed by atoms with E-state index in [1.54, 1.807) is 25.5 Å². The van der Waals surface area contributed by atoms with Crippen LogP contribution in [0.25, 0.3) is 0 Å². The van der Waals surface area contributed by atoms with Gasteiger partial charge in [0.1, 0.15) is 5.75 Å². The molecular weight excluding hydrogens is 332 g/mol. The average Bonchev–Trinajstić information content (AvgIpc) is 2.68. The summed E-state index contributed by atoms with van der Waals surface area (Å²) >= 11 is 0. The molecule has 0 fully saturated rings. The first kappa shape index (κ1) is 19.3. The number of methoxy groups -OCH3 is 1. The van der Waals surface area contributed by atoms with Crippen molar-refractivity contribution in [1.82, 2.24) is 5.43 Å². The van der Waals surface area contributed by atoms with Crippen LogP contribution in [0.15, 0.2) is 53.6 Å². The van der Waals surface area contributed by atoms with Gasteiger partial charge < -0.3 is 14.2 Å². The summed E-state index contributed by atoms with van der Waals surface area (Å²) in [5.41, 5.74) is 3.29.